The minimum atomic E-state index is -0.155. The van der Waals surface area contributed by atoms with Gasteiger partial charge in [-0.2, -0.15) is 0 Å². The number of aromatic nitrogens is 2. The quantitative estimate of drug-likeness (QED) is 0.764. The van der Waals surface area contributed by atoms with Crippen molar-refractivity contribution < 1.29 is 9.32 Å². The second kappa shape index (κ2) is 6.55. The van der Waals surface area contributed by atoms with Gasteiger partial charge in [-0.15, -0.1) is 0 Å². The number of aromatic amines is 1. The third-order valence-electron chi connectivity index (χ3n) is 4.55. The Balaban J connectivity index is 1.87. The van der Waals surface area contributed by atoms with Gasteiger partial charge in [0, 0.05) is 22.2 Å². The topological polar surface area (TPSA) is 88.0 Å². The third kappa shape index (κ3) is 3.20. The molecule has 0 saturated heterocycles. The molecule has 2 N–H and O–H groups in total. The molecule has 0 aliphatic carbocycles. The minimum Gasteiger partial charge on any atom is -0.361 e. The van der Waals surface area contributed by atoms with Gasteiger partial charge in [0.05, 0.1) is 17.6 Å². The average Bonchev–Trinajstić information content (AvgIpc) is 2.87. The summed E-state index contributed by atoms with van der Waals surface area (Å²) in [7, 11) is 0. The number of hydrogen-bond acceptors (Lipinski definition) is 4. The van der Waals surface area contributed by atoms with E-state index in [-0.39, 0.29) is 17.9 Å². The highest BCUT2D eigenvalue weighted by atomic mass is 16.5. The minimum absolute atomic E-state index is 0.0771. The van der Waals surface area contributed by atoms with Crippen LogP contribution in [0.5, 0.6) is 0 Å². The summed E-state index contributed by atoms with van der Waals surface area (Å²) in [6, 6.07) is 5.55. The Hall–Kier alpha value is -2.89. The Morgan fingerprint density at radius 3 is 2.64 bits per heavy atom. The lowest BCUT2D eigenvalue weighted by Crippen LogP contribution is -2.16. The first-order chi connectivity index (χ1) is 11.9. The molecular weight excluding hydrogens is 318 g/mol. The highest BCUT2D eigenvalue weighted by molar-refractivity contribution is 5.95. The third-order valence-corrected chi connectivity index (χ3v) is 4.55. The van der Waals surface area contributed by atoms with Crippen LogP contribution >= 0.6 is 0 Å². The van der Waals surface area contributed by atoms with Crippen LogP contribution in [0.25, 0.3) is 10.9 Å². The fourth-order valence-corrected chi connectivity index (χ4v) is 3.13. The molecule has 0 aliphatic heterocycles. The number of carbonyl (C=O) groups excluding carboxylic acids is 1. The normalized spacial score (nSPS) is 11.0. The standard InChI is InChI=1S/C19H21N3O3/c1-5-14-10(2)15-7-6-13(8-17(15)21-19(14)24)20-18(23)9-16-11(3)22-25-12(16)4/h6-8H,5,9H2,1-4H3,(H,20,23)(H,21,24). The maximum Gasteiger partial charge on any atom is 0.251 e. The van der Waals surface area contributed by atoms with E-state index in [1.807, 2.05) is 32.9 Å². The molecule has 0 atom stereocenters. The van der Waals surface area contributed by atoms with Gasteiger partial charge in [-0.3, -0.25) is 9.59 Å². The van der Waals surface area contributed by atoms with Crippen LogP contribution in [0.15, 0.2) is 27.5 Å². The molecule has 3 rings (SSSR count). The molecule has 3 aromatic rings. The molecule has 0 fully saturated rings. The van der Waals surface area contributed by atoms with Crippen molar-refractivity contribution in [2.75, 3.05) is 5.32 Å². The fraction of sp³-hybridized carbons (Fsp3) is 0.316. The van der Waals surface area contributed by atoms with Gasteiger partial charge in [0.15, 0.2) is 0 Å². The van der Waals surface area contributed by atoms with Crippen molar-refractivity contribution in [1.29, 1.82) is 0 Å². The summed E-state index contributed by atoms with van der Waals surface area (Å²) in [6.45, 7) is 7.52. The lowest BCUT2D eigenvalue weighted by molar-refractivity contribution is -0.115. The van der Waals surface area contributed by atoms with Gasteiger partial charge in [0.25, 0.3) is 5.56 Å². The summed E-state index contributed by atoms with van der Waals surface area (Å²) in [6.07, 6.45) is 0.885. The molecule has 2 heterocycles. The first-order valence-electron chi connectivity index (χ1n) is 8.27. The summed E-state index contributed by atoms with van der Waals surface area (Å²) >= 11 is 0. The number of nitrogens with zero attached hydrogens (tertiary/aromatic N) is 1. The smallest absolute Gasteiger partial charge is 0.251 e. The Labute approximate surface area is 145 Å². The SMILES string of the molecule is CCc1c(C)c2ccc(NC(=O)Cc3c(C)noc3C)cc2[nH]c1=O. The van der Waals surface area contributed by atoms with E-state index in [9.17, 15) is 9.59 Å². The molecule has 1 amide bonds. The van der Waals surface area contributed by atoms with Crippen LogP contribution in [0.4, 0.5) is 5.69 Å². The molecular formula is C19H21N3O3. The van der Waals surface area contributed by atoms with Crippen molar-refractivity contribution in [2.24, 2.45) is 0 Å². The van der Waals surface area contributed by atoms with E-state index in [1.165, 1.54) is 0 Å². The van der Waals surface area contributed by atoms with Gasteiger partial charge < -0.3 is 14.8 Å². The molecule has 0 saturated carbocycles. The molecule has 25 heavy (non-hydrogen) atoms. The van der Waals surface area contributed by atoms with Gasteiger partial charge in [0.1, 0.15) is 5.76 Å². The van der Waals surface area contributed by atoms with Crippen LogP contribution in [-0.2, 0) is 17.6 Å². The Bertz CT molecular complexity index is 995. The zero-order valence-corrected chi connectivity index (χ0v) is 14.8. The van der Waals surface area contributed by atoms with Crippen molar-refractivity contribution in [1.82, 2.24) is 10.1 Å². The van der Waals surface area contributed by atoms with Crippen LogP contribution in [0.2, 0.25) is 0 Å². The number of fused-ring (bicyclic) bond motifs is 1. The second-order valence-corrected chi connectivity index (χ2v) is 6.20. The number of amides is 1. The van der Waals surface area contributed by atoms with Gasteiger partial charge in [-0.1, -0.05) is 18.1 Å². The van der Waals surface area contributed by atoms with E-state index >= 15 is 0 Å². The van der Waals surface area contributed by atoms with Crippen LogP contribution in [0, 0.1) is 20.8 Å². The fourth-order valence-electron chi connectivity index (χ4n) is 3.13. The number of benzene rings is 1. The predicted octanol–water partition coefficient (Wildman–Crippen LogP) is 3.18. The lowest BCUT2D eigenvalue weighted by atomic mass is 10.0. The van der Waals surface area contributed by atoms with Crippen molar-refractivity contribution in [3.05, 3.63) is 56.7 Å². The predicted molar refractivity (Wildman–Crippen MR) is 97.0 cm³/mol. The van der Waals surface area contributed by atoms with Crippen LogP contribution in [-0.4, -0.2) is 16.0 Å². The monoisotopic (exact) mass is 339 g/mol. The van der Waals surface area contributed by atoms with Gasteiger partial charge >= 0.3 is 0 Å². The van der Waals surface area contributed by atoms with Crippen LogP contribution in [0.3, 0.4) is 0 Å². The van der Waals surface area contributed by atoms with E-state index in [2.05, 4.69) is 15.5 Å². The molecule has 6 nitrogen and oxygen atoms in total. The molecule has 0 radical (unpaired) electrons. The molecule has 0 aliphatic rings. The molecule has 0 unspecified atom stereocenters. The summed E-state index contributed by atoms with van der Waals surface area (Å²) in [5.41, 5.74) is 4.58. The molecule has 130 valence electrons. The van der Waals surface area contributed by atoms with Crippen molar-refractivity contribution in [2.45, 2.75) is 40.5 Å². The van der Waals surface area contributed by atoms with E-state index in [1.54, 1.807) is 13.0 Å². The van der Waals surface area contributed by atoms with Crippen molar-refractivity contribution in [3.8, 4) is 0 Å². The maximum atomic E-state index is 12.3. The Morgan fingerprint density at radius 2 is 2.00 bits per heavy atom. The number of carbonyl (C=O) groups is 1. The number of rotatable bonds is 4. The summed E-state index contributed by atoms with van der Waals surface area (Å²) < 4.78 is 5.08. The zero-order valence-electron chi connectivity index (χ0n) is 14.8. The van der Waals surface area contributed by atoms with Gasteiger partial charge in [-0.05, 0) is 44.9 Å². The average molecular weight is 339 g/mol. The number of hydrogen-bond donors (Lipinski definition) is 2. The highest BCUT2D eigenvalue weighted by Crippen LogP contribution is 2.22. The number of H-pyrrole nitrogens is 1. The summed E-state index contributed by atoms with van der Waals surface area (Å²) in [5, 5.41) is 7.71. The molecule has 2 aromatic heterocycles. The van der Waals surface area contributed by atoms with Gasteiger partial charge in [-0.25, -0.2) is 0 Å². The van der Waals surface area contributed by atoms with Crippen molar-refractivity contribution >= 4 is 22.5 Å². The number of nitrogens with one attached hydrogen (secondary N) is 2. The van der Waals surface area contributed by atoms with Gasteiger partial charge in [0.2, 0.25) is 5.91 Å². The molecule has 0 bridgehead atoms. The Morgan fingerprint density at radius 1 is 1.24 bits per heavy atom. The largest absolute Gasteiger partial charge is 0.361 e. The van der Waals surface area contributed by atoms with Crippen LogP contribution < -0.4 is 10.9 Å². The van der Waals surface area contributed by atoms with Crippen molar-refractivity contribution in [3.63, 3.8) is 0 Å². The molecule has 1 aromatic carbocycles. The summed E-state index contributed by atoms with van der Waals surface area (Å²) in [4.78, 5) is 27.3. The summed E-state index contributed by atoms with van der Waals surface area (Å²) in [5.74, 6) is 0.496. The van der Waals surface area contributed by atoms with E-state index in [4.69, 9.17) is 4.52 Å². The lowest BCUT2D eigenvalue weighted by Gasteiger charge is -2.10. The first kappa shape index (κ1) is 17.0. The number of pyridine rings is 1. The molecule has 0 spiro atoms. The number of anilines is 1. The van der Waals surface area contributed by atoms with E-state index < -0.39 is 0 Å². The zero-order chi connectivity index (χ0) is 18.1. The van der Waals surface area contributed by atoms with E-state index in [0.717, 1.165) is 33.3 Å². The Kier molecular flexibility index (Phi) is 4.44. The molecule has 6 heteroatoms. The first-order valence-corrected chi connectivity index (χ1v) is 8.27. The van der Waals surface area contributed by atoms with E-state index in [0.29, 0.717) is 17.9 Å². The second-order valence-electron chi connectivity index (χ2n) is 6.20. The highest BCUT2D eigenvalue weighted by Gasteiger charge is 2.14. The maximum absolute atomic E-state index is 12.3. The number of aryl methyl sites for hydroxylation is 3. The van der Waals surface area contributed by atoms with Crippen LogP contribution in [0.1, 0.15) is 35.1 Å².